The van der Waals surface area contributed by atoms with Crippen LogP contribution in [0.1, 0.15) is 87.5 Å². The van der Waals surface area contributed by atoms with Crippen molar-refractivity contribution < 1.29 is 8.56 Å². The second kappa shape index (κ2) is 14.9. The Kier molecular flexibility index (Phi) is 12.2. The van der Waals surface area contributed by atoms with E-state index in [0.29, 0.717) is 0 Å². The molecule has 45 heavy (non-hydrogen) atoms. The van der Waals surface area contributed by atoms with Crippen molar-refractivity contribution in [2.45, 2.75) is 104 Å². The summed E-state index contributed by atoms with van der Waals surface area (Å²) >= 11 is -2.75. The minimum absolute atomic E-state index is 0.105. The monoisotopic (exact) mass is 725 g/mol. The molecule has 0 bridgehead atoms. The summed E-state index contributed by atoms with van der Waals surface area (Å²) in [5, 5.41) is 0. The third-order valence-corrected chi connectivity index (χ3v) is 18.6. The summed E-state index contributed by atoms with van der Waals surface area (Å²) in [4.78, 5) is 12.8. The molecule has 0 aromatic heterocycles. The maximum atomic E-state index is 12.8. The Hall–Kier alpha value is -2.56. The first-order chi connectivity index (χ1) is 20.8. The summed E-state index contributed by atoms with van der Waals surface area (Å²) in [5.41, 5.74) is 15.6. The van der Waals surface area contributed by atoms with Gasteiger partial charge in [-0.15, -0.1) is 0 Å². The van der Waals surface area contributed by atoms with E-state index in [1.165, 1.54) is 75.6 Å². The molecule has 4 rings (SSSR count). The van der Waals surface area contributed by atoms with E-state index in [1.54, 1.807) is 8.79 Å². The van der Waals surface area contributed by atoms with Crippen LogP contribution in [-0.4, -0.2) is 36.1 Å². The molecule has 4 aromatic carbocycles. The van der Waals surface area contributed by atoms with Gasteiger partial charge in [0.25, 0.3) is 0 Å². The van der Waals surface area contributed by atoms with Gasteiger partial charge in [-0.1, -0.05) is 0 Å². The first-order valence-corrected chi connectivity index (χ1v) is 21.0. The molecule has 0 fully saturated rings. The van der Waals surface area contributed by atoms with E-state index >= 15 is 0 Å². The van der Waals surface area contributed by atoms with E-state index < -0.39 is 20.1 Å². The summed E-state index contributed by atoms with van der Waals surface area (Å²) in [6.45, 7) is 32.0. The molecule has 4 heteroatoms. The average molecular weight is 723 g/mol. The first-order valence-electron chi connectivity index (χ1n) is 16.0. The summed E-state index contributed by atoms with van der Waals surface area (Å²) in [5.74, 6) is -0.105. The molecule has 0 unspecified atom stereocenters. The van der Waals surface area contributed by atoms with Gasteiger partial charge in [-0.3, -0.25) is 0 Å². The van der Waals surface area contributed by atoms with E-state index in [9.17, 15) is 4.79 Å². The molecule has 4 aromatic rings. The van der Waals surface area contributed by atoms with E-state index in [2.05, 4.69) is 132 Å². The predicted octanol–water partition coefficient (Wildman–Crippen LogP) is 7.42. The number of aryl methyl sites for hydroxylation is 12. The van der Waals surface area contributed by atoms with Crippen molar-refractivity contribution in [1.29, 1.82) is 0 Å². The number of hydrogen-bond donors (Lipinski definition) is 0. The van der Waals surface area contributed by atoms with E-state index in [0.717, 1.165) is 0 Å². The van der Waals surface area contributed by atoms with Gasteiger partial charge in [0.1, 0.15) is 0 Å². The number of carbonyl (C=O) groups is 1. The topological polar surface area (TPSA) is 26.3 Å². The second-order valence-corrected chi connectivity index (χ2v) is 20.7. The second-order valence-electron chi connectivity index (χ2n) is 14.2. The van der Waals surface area contributed by atoms with Gasteiger partial charge in [0.15, 0.2) is 0 Å². The van der Waals surface area contributed by atoms with Gasteiger partial charge >= 0.3 is 287 Å². The fourth-order valence-electron chi connectivity index (χ4n) is 6.43. The summed E-state index contributed by atoms with van der Waals surface area (Å²) in [6, 6.07) is 18.1. The Labute approximate surface area is 285 Å². The fraction of sp³-hybridized carbons (Fsp3) is 0.390. The maximum absolute atomic E-state index is 12.8. The molecular weight excluding hydrogens is 670 g/mol. The molecule has 0 aliphatic rings. The van der Waals surface area contributed by atoms with Gasteiger partial charge in [-0.2, -0.15) is 0 Å². The zero-order valence-electron chi connectivity index (χ0n) is 30.4. The van der Waals surface area contributed by atoms with Crippen LogP contribution in [0.25, 0.3) is 0 Å². The van der Waals surface area contributed by atoms with Crippen LogP contribution in [0.4, 0.5) is 0 Å². The van der Waals surface area contributed by atoms with Crippen LogP contribution in [0.5, 0.6) is 0 Å². The molecule has 0 heterocycles. The van der Waals surface area contributed by atoms with Crippen LogP contribution in [0.15, 0.2) is 48.5 Å². The van der Waals surface area contributed by atoms with Gasteiger partial charge in [0.05, 0.1) is 0 Å². The van der Waals surface area contributed by atoms with Gasteiger partial charge < -0.3 is 0 Å². The molecule has 0 amide bonds. The molecule has 0 spiro atoms. The Morgan fingerprint density at radius 2 is 0.733 bits per heavy atom. The van der Waals surface area contributed by atoms with Crippen molar-refractivity contribution in [2.24, 2.45) is 5.41 Å². The Morgan fingerprint density at radius 3 is 0.978 bits per heavy atom. The van der Waals surface area contributed by atoms with Crippen molar-refractivity contribution in [3.8, 4) is 0 Å². The number of benzene rings is 4. The summed E-state index contributed by atoms with van der Waals surface area (Å²) in [7, 11) is 0. The molecule has 2 nitrogen and oxygen atoms in total. The van der Waals surface area contributed by atoms with E-state index in [4.69, 9.17) is 3.76 Å². The third-order valence-electron chi connectivity index (χ3n) is 8.22. The molecule has 0 aliphatic carbocycles. The molecule has 0 aliphatic heterocycles. The van der Waals surface area contributed by atoms with Gasteiger partial charge in [0.2, 0.25) is 0 Å². The normalized spacial score (nSPS) is 11.4. The number of rotatable bonds is 5. The van der Waals surface area contributed by atoms with Gasteiger partial charge in [-0.05, 0) is 0 Å². The predicted molar refractivity (Wildman–Crippen MR) is 198 cm³/mol. The van der Waals surface area contributed by atoms with Crippen LogP contribution in [0, 0.1) is 88.5 Å². The van der Waals surface area contributed by atoms with Crippen molar-refractivity contribution in [1.82, 2.24) is 0 Å². The molecule has 0 N–H and O–H groups in total. The summed E-state index contributed by atoms with van der Waals surface area (Å²) in [6.07, 6.45) is 0. The van der Waals surface area contributed by atoms with Crippen LogP contribution < -0.4 is 17.6 Å². The first kappa shape index (κ1) is 36.9. The zero-order valence-corrected chi connectivity index (χ0v) is 34.6. The van der Waals surface area contributed by atoms with Gasteiger partial charge in [-0.25, -0.2) is 0 Å². The number of carbonyl (C=O) groups excluding carboxylic acids is 1. The molecule has 3 radical (unpaired) electrons. The Morgan fingerprint density at radius 1 is 0.489 bits per heavy atom. The van der Waals surface area contributed by atoms with Crippen LogP contribution in [0.2, 0.25) is 0 Å². The van der Waals surface area contributed by atoms with Crippen molar-refractivity contribution in [2.75, 3.05) is 0 Å². The van der Waals surface area contributed by atoms with Crippen LogP contribution in [-0.2, 0) is 8.56 Å². The minimum atomic E-state index is -2.51. The summed E-state index contributed by atoms with van der Waals surface area (Å²) < 4.78 is 12.1. The van der Waals surface area contributed by atoms with Crippen LogP contribution in [0.3, 0.4) is 0 Å². The Balaban J connectivity index is 0.000000257. The molecule has 0 saturated heterocycles. The van der Waals surface area contributed by atoms with E-state index in [-0.39, 0.29) is 21.4 Å². The van der Waals surface area contributed by atoms with Gasteiger partial charge in [0, 0.05) is 0 Å². The molecule has 0 atom stereocenters. The number of hydrogen-bond acceptors (Lipinski definition) is 2. The van der Waals surface area contributed by atoms with Crippen molar-refractivity contribution in [3.63, 3.8) is 0 Å². The quantitative estimate of drug-likeness (QED) is 0.201. The molecule has 0 saturated carbocycles. The molecular formula is C41H53Ge2O2. The standard InChI is InChI=1S/C23H31GeO2.C18H22Ge/c1-14-10-16(3)20(17(4)11-14)24(26-22(25)23(7,8)9)21-18(5)12-15(2)13-19(21)6;1-11-7-13(3)17(14(4)8-11)19-18-15(5)9-12(2)10-16(18)6/h10-13H,1-9H3;7-10H,1-6H3. The van der Waals surface area contributed by atoms with Crippen LogP contribution >= 0.6 is 0 Å². The SMILES string of the molecule is Cc1cc(C)[c]([Ge]([O]C(=O)C(C)(C)C)[c]2c(C)cc(C)cc2C)c(C)c1.Cc1cc(C)[c]([Ge][c]2c(C)cc(C)cc2C)c(C)c1. The zero-order chi connectivity index (χ0) is 34.0. The van der Waals surface area contributed by atoms with Crippen molar-refractivity contribution in [3.05, 3.63) is 115 Å². The molecule has 237 valence electrons. The third kappa shape index (κ3) is 9.26. The van der Waals surface area contributed by atoms with Crippen molar-refractivity contribution >= 4 is 53.7 Å². The Bertz CT molecular complexity index is 1520. The fourth-order valence-corrected chi connectivity index (χ4v) is 14.8. The van der Waals surface area contributed by atoms with E-state index in [1.807, 2.05) is 20.8 Å². The average Bonchev–Trinajstić information content (AvgIpc) is 2.85.